The van der Waals surface area contributed by atoms with E-state index in [1.54, 1.807) is 58.4 Å². The van der Waals surface area contributed by atoms with Crippen molar-refractivity contribution < 1.29 is 18.7 Å². The predicted octanol–water partition coefficient (Wildman–Crippen LogP) is 4.63. The van der Waals surface area contributed by atoms with Gasteiger partial charge in [-0.3, -0.25) is 19.1 Å². The molecule has 196 valence electrons. The van der Waals surface area contributed by atoms with Crippen LogP contribution in [0.2, 0.25) is 0 Å². The summed E-state index contributed by atoms with van der Waals surface area (Å²) < 4.78 is 21.6. The van der Waals surface area contributed by atoms with E-state index in [9.17, 15) is 14.0 Å². The number of hydrogen-bond donors (Lipinski definition) is 0. The van der Waals surface area contributed by atoms with Gasteiger partial charge in [0.1, 0.15) is 16.5 Å². The fraction of sp³-hybridized carbons (Fsp3) is 0.308. The van der Waals surface area contributed by atoms with E-state index in [1.807, 2.05) is 6.07 Å². The quantitative estimate of drug-likeness (QED) is 0.230. The third kappa shape index (κ3) is 5.60. The molecule has 0 saturated carbocycles. The van der Waals surface area contributed by atoms with Gasteiger partial charge in [0.15, 0.2) is 11.0 Å². The fourth-order valence-electron chi connectivity index (χ4n) is 4.24. The van der Waals surface area contributed by atoms with Crippen molar-refractivity contribution in [1.29, 1.82) is 0 Å². The smallest absolute Gasteiger partial charge is 0.309 e. The minimum atomic E-state index is -0.395. The molecule has 4 aromatic rings. The van der Waals surface area contributed by atoms with Gasteiger partial charge in [0, 0.05) is 36.4 Å². The van der Waals surface area contributed by atoms with Gasteiger partial charge >= 0.3 is 5.97 Å². The number of likely N-dealkylation sites (tertiary alicyclic amines) is 1. The number of nitrogens with zero attached hydrogens (tertiary/aromatic N) is 6. The van der Waals surface area contributed by atoms with Gasteiger partial charge in [-0.1, -0.05) is 23.9 Å². The van der Waals surface area contributed by atoms with Crippen molar-refractivity contribution in [2.75, 3.05) is 19.7 Å². The highest BCUT2D eigenvalue weighted by Crippen LogP contribution is 2.31. The van der Waals surface area contributed by atoms with Crippen LogP contribution in [-0.2, 0) is 15.3 Å². The summed E-state index contributed by atoms with van der Waals surface area (Å²) in [5, 5.41) is 11.6. The van der Waals surface area contributed by atoms with E-state index < -0.39 is 5.82 Å². The summed E-state index contributed by atoms with van der Waals surface area (Å²) in [7, 11) is 0. The Morgan fingerprint density at radius 1 is 1.16 bits per heavy atom. The molecule has 1 fully saturated rings. The van der Waals surface area contributed by atoms with Gasteiger partial charge in [0.25, 0.3) is 5.91 Å². The van der Waals surface area contributed by atoms with Gasteiger partial charge in [0.05, 0.1) is 24.0 Å². The molecule has 4 heterocycles. The number of esters is 1. The average Bonchev–Trinajstić information content (AvgIpc) is 3.60. The lowest BCUT2D eigenvalue weighted by Crippen LogP contribution is -2.40. The van der Waals surface area contributed by atoms with E-state index in [0.717, 1.165) is 5.01 Å². The number of halogens is 1. The van der Waals surface area contributed by atoms with Crippen LogP contribution in [0.4, 0.5) is 4.39 Å². The highest BCUT2D eigenvalue weighted by Gasteiger charge is 2.29. The second-order valence-corrected chi connectivity index (χ2v) is 10.5. The maximum atomic E-state index is 14.8. The topological polar surface area (TPSA) is 103 Å². The second-order valence-electron chi connectivity index (χ2n) is 8.57. The number of pyridine rings is 1. The van der Waals surface area contributed by atoms with Crippen LogP contribution in [0.15, 0.2) is 59.3 Å². The number of carbonyl (C=O) groups is 2. The van der Waals surface area contributed by atoms with Crippen LogP contribution in [-0.4, -0.2) is 61.2 Å². The second kappa shape index (κ2) is 11.8. The maximum Gasteiger partial charge on any atom is 0.309 e. The lowest BCUT2D eigenvalue weighted by Gasteiger charge is -2.30. The number of carbonyl (C=O) groups excluding carboxylic acids is 2. The molecule has 3 aromatic heterocycles. The van der Waals surface area contributed by atoms with Gasteiger partial charge in [-0.15, -0.1) is 21.5 Å². The molecule has 0 spiro atoms. The summed E-state index contributed by atoms with van der Waals surface area (Å²) in [6.45, 7) is 3.14. The van der Waals surface area contributed by atoms with Gasteiger partial charge in [-0.25, -0.2) is 9.37 Å². The Hall–Kier alpha value is -3.64. The molecule has 0 bridgehead atoms. The minimum absolute atomic E-state index is 0.145. The molecule has 1 saturated heterocycles. The fourth-order valence-corrected chi connectivity index (χ4v) is 5.97. The monoisotopic (exact) mass is 552 g/mol. The van der Waals surface area contributed by atoms with E-state index in [2.05, 4.69) is 20.2 Å². The Kier molecular flexibility index (Phi) is 8.08. The zero-order chi connectivity index (χ0) is 26.5. The van der Waals surface area contributed by atoms with E-state index in [1.165, 1.54) is 29.2 Å². The van der Waals surface area contributed by atoms with Crippen LogP contribution in [0.1, 0.15) is 35.3 Å². The van der Waals surface area contributed by atoms with E-state index >= 15 is 0 Å². The SMILES string of the molecule is CCOC(=O)C1CCN(C(=O)c2csc(CSc3nnc(-c4cccnc4)n3-c3ccccc3F)n2)CC1. The molecule has 1 aromatic carbocycles. The number of thiazole rings is 1. The zero-order valence-corrected chi connectivity index (χ0v) is 22.3. The number of hydrogen-bond acceptors (Lipinski definition) is 9. The van der Waals surface area contributed by atoms with Crippen molar-refractivity contribution in [2.45, 2.75) is 30.7 Å². The summed E-state index contributed by atoms with van der Waals surface area (Å²) >= 11 is 2.75. The Labute approximate surface area is 227 Å². The lowest BCUT2D eigenvalue weighted by atomic mass is 9.97. The van der Waals surface area contributed by atoms with E-state index in [4.69, 9.17) is 4.74 Å². The Morgan fingerprint density at radius 3 is 2.71 bits per heavy atom. The molecule has 0 atom stereocenters. The molecule has 5 rings (SSSR count). The molecule has 0 aliphatic carbocycles. The molecule has 1 aliphatic rings. The summed E-state index contributed by atoms with van der Waals surface area (Å²) in [6.07, 6.45) is 4.49. The van der Waals surface area contributed by atoms with Gasteiger partial charge < -0.3 is 9.64 Å². The van der Waals surface area contributed by atoms with Crippen molar-refractivity contribution in [1.82, 2.24) is 29.6 Å². The van der Waals surface area contributed by atoms with Gasteiger partial charge in [-0.05, 0) is 44.0 Å². The van der Waals surface area contributed by atoms with Crippen molar-refractivity contribution in [3.8, 4) is 17.1 Å². The molecular formula is C26H25FN6O3S2. The first-order chi connectivity index (χ1) is 18.5. The molecule has 12 heteroatoms. The first-order valence-electron chi connectivity index (χ1n) is 12.2. The number of piperidine rings is 1. The molecular weight excluding hydrogens is 527 g/mol. The van der Waals surface area contributed by atoms with Crippen molar-refractivity contribution in [3.63, 3.8) is 0 Å². The highest BCUT2D eigenvalue weighted by atomic mass is 32.2. The molecule has 0 N–H and O–H groups in total. The number of aromatic nitrogens is 5. The third-order valence-electron chi connectivity index (χ3n) is 6.14. The molecule has 0 radical (unpaired) electrons. The highest BCUT2D eigenvalue weighted by molar-refractivity contribution is 7.98. The molecule has 1 aliphatic heterocycles. The average molecular weight is 553 g/mol. The van der Waals surface area contributed by atoms with Crippen LogP contribution in [0.3, 0.4) is 0 Å². The van der Waals surface area contributed by atoms with Crippen molar-refractivity contribution >= 4 is 35.0 Å². The zero-order valence-electron chi connectivity index (χ0n) is 20.6. The van der Waals surface area contributed by atoms with E-state index in [0.29, 0.717) is 66.2 Å². The Bertz CT molecular complexity index is 1420. The minimum Gasteiger partial charge on any atom is -0.466 e. The number of ether oxygens (including phenoxy) is 1. The maximum absolute atomic E-state index is 14.8. The van der Waals surface area contributed by atoms with E-state index in [-0.39, 0.29) is 17.8 Å². The summed E-state index contributed by atoms with van der Waals surface area (Å²) in [5.74, 6) is 0.0169. The van der Waals surface area contributed by atoms with Crippen molar-refractivity contribution in [2.24, 2.45) is 5.92 Å². The van der Waals surface area contributed by atoms with Crippen LogP contribution in [0.5, 0.6) is 0 Å². The number of amides is 1. The molecule has 38 heavy (non-hydrogen) atoms. The number of benzene rings is 1. The normalized spacial score (nSPS) is 14.0. The van der Waals surface area contributed by atoms with Gasteiger partial charge in [0.2, 0.25) is 0 Å². The summed E-state index contributed by atoms with van der Waals surface area (Å²) in [6, 6.07) is 10.1. The molecule has 0 unspecified atom stereocenters. The van der Waals surface area contributed by atoms with Crippen LogP contribution in [0, 0.1) is 11.7 Å². The van der Waals surface area contributed by atoms with Crippen LogP contribution < -0.4 is 0 Å². The summed E-state index contributed by atoms with van der Waals surface area (Å²) in [4.78, 5) is 35.4. The van der Waals surface area contributed by atoms with Crippen LogP contribution in [0.25, 0.3) is 17.1 Å². The Morgan fingerprint density at radius 2 is 1.97 bits per heavy atom. The summed E-state index contributed by atoms with van der Waals surface area (Å²) in [5.41, 5.74) is 1.43. The predicted molar refractivity (Wildman–Crippen MR) is 141 cm³/mol. The van der Waals surface area contributed by atoms with Crippen molar-refractivity contribution in [3.05, 3.63) is 70.7 Å². The first-order valence-corrected chi connectivity index (χ1v) is 14.1. The van der Waals surface area contributed by atoms with Crippen LogP contribution >= 0.6 is 23.1 Å². The first kappa shape index (κ1) is 26.0. The lowest BCUT2D eigenvalue weighted by molar-refractivity contribution is -0.149. The molecule has 1 amide bonds. The number of para-hydroxylation sites is 1. The number of thioether (sulfide) groups is 1. The third-order valence-corrected chi connectivity index (χ3v) is 8.12. The Balaban J connectivity index is 1.29. The standard InChI is InChI=1S/C26H25FN6O3S2/c1-2-36-25(35)17-9-12-32(13-10-17)24(34)20-15-37-22(29-20)16-38-26-31-30-23(18-6-5-11-28-14-18)33(26)21-8-4-3-7-19(21)27/h3-8,11,14-15,17H,2,9-10,12-13,16H2,1H3. The van der Waals surface area contributed by atoms with Gasteiger partial charge in [-0.2, -0.15) is 0 Å². The molecule has 9 nitrogen and oxygen atoms in total. The number of rotatable bonds is 8. The largest absolute Gasteiger partial charge is 0.466 e.